The Morgan fingerprint density at radius 2 is 0.905 bits per heavy atom. The van der Waals surface area contributed by atoms with Crippen molar-refractivity contribution in [3.8, 4) is 11.5 Å². The predicted molar refractivity (Wildman–Crippen MR) is 151 cm³/mol. The SMILES string of the molecule is CCCCOc1ccc(CCc2ccc(C3CCC(c4ccc(OCCCC)c(F)c4F)CC3)c(F)c2F)c(F)c1F. The first-order valence-electron chi connectivity index (χ1n) is 14.9. The number of ether oxygens (including phenoxy) is 2. The lowest BCUT2D eigenvalue weighted by atomic mass is 9.75. The zero-order valence-electron chi connectivity index (χ0n) is 24.2. The normalized spacial score (nSPS) is 17.0. The van der Waals surface area contributed by atoms with Gasteiger partial charge in [-0.2, -0.15) is 8.78 Å². The van der Waals surface area contributed by atoms with Gasteiger partial charge in [-0.15, -0.1) is 0 Å². The quantitative estimate of drug-likeness (QED) is 0.145. The molecular formula is C34H38F6O2. The first-order valence-corrected chi connectivity index (χ1v) is 14.9. The van der Waals surface area contributed by atoms with Crippen LogP contribution in [-0.2, 0) is 12.8 Å². The van der Waals surface area contributed by atoms with E-state index in [1.165, 1.54) is 24.3 Å². The highest BCUT2D eigenvalue weighted by atomic mass is 19.2. The van der Waals surface area contributed by atoms with Crippen LogP contribution < -0.4 is 9.47 Å². The number of unbranched alkanes of at least 4 members (excludes halogenated alkanes) is 2. The molecule has 1 saturated carbocycles. The van der Waals surface area contributed by atoms with E-state index >= 15 is 8.78 Å². The molecule has 0 bridgehead atoms. The van der Waals surface area contributed by atoms with Gasteiger partial charge in [0, 0.05) is 0 Å². The Labute approximate surface area is 244 Å². The minimum atomic E-state index is -1.08. The molecule has 0 saturated heterocycles. The van der Waals surface area contributed by atoms with E-state index in [-0.39, 0.29) is 65.0 Å². The monoisotopic (exact) mass is 592 g/mol. The summed E-state index contributed by atoms with van der Waals surface area (Å²) in [5.41, 5.74) is 0.653. The fourth-order valence-electron chi connectivity index (χ4n) is 5.60. The molecule has 0 aliphatic heterocycles. The lowest BCUT2D eigenvalue weighted by Crippen LogP contribution is -2.16. The van der Waals surface area contributed by atoms with Gasteiger partial charge in [0.1, 0.15) is 0 Å². The largest absolute Gasteiger partial charge is 0.490 e. The van der Waals surface area contributed by atoms with Gasteiger partial charge in [-0.25, -0.2) is 17.6 Å². The summed E-state index contributed by atoms with van der Waals surface area (Å²) in [6.07, 6.45) is 5.17. The highest BCUT2D eigenvalue weighted by Gasteiger charge is 2.30. The number of benzene rings is 3. The van der Waals surface area contributed by atoms with Crippen molar-refractivity contribution in [2.45, 2.75) is 89.9 Å². The van der Waals surface area contributed by atoms with Crippen LogP contribution in [0.1, 0.15) is 99.3 Å². The van der Waals surface area contributed by atoms with Crippen LogP contribution in [0.15, 0.2) is 36.4 Å². The van der Waals surface area contributed by atoms with Crippen molar-refractivity contribution in [1.29, 1.82) is 0 Å². The van der Waals surface area contributed by atoms with Gasteiger partial charge in [0.2, 0.25) is 11.6 Å². The molecule has 8 heteroatoms. The van der Waals surface area contributed by atoms with Gasteiger partial charge in [-0.05, 0) is 97.6 Å². The Balaban J connectivity index is 1.38. The van der Waals surface area contributed by atoms with Crippen LogP contribution in [0.25, 0.3) is 0 Å². The fraction of sp³-hybridized carbons (Fsp3) is 0.471. The van der Waals surface area contributed by atoms with Gasteiger partial charge in [-0.1, -0.05) is 51.0 Å². The molecule has 3 aromatic rings. The number of hydrogen-bond donors (Lipinski definition) is 0. The minimum absolute atomic E-state index is 0.00876. The lowest BCUT2D eigenvalue weighted by molar-refractivity contribution is 0.286. The maximum atomic E-state index is 15.2. The van der Waals surface area contributed by atoms with E-state index in [2.05, 4.69) is 0 Å². The van der Waals surface area contributed by atoms with Crippen LogP contribution in [0.3, 0.4) is 0 Å². The molecule has 0 N–H and O–H groups in total. The smallest absolute Gasteiger partial charge is 0.200 e. The molecule has 0 spiro atoms. The molecule has 228 valence electrons. The molecule has 0 amide bonds. The van der Waals surface area contributed by atoms with E-state index < -0.39 is 34.9 Å². The second kappa shape index (κ2) is 14.8. The summed E-state index contributed by atoms with van der Waals surface area (Å²) in [5.74, 6) is -6.74. The van der Waals surface area contributed by atoms with Crippen LogP contribution in [0.2, 0.25) is 0 Å². The first-order chi connectivity index (χ1) is 20.3. The van der Waals surface area contributed by atoms with E-state index in [0.717, 1.165) is 19.3 Å². The molecule has 0 heterocycles. The number of rotatable bonds is 13. The summed E-state index contributed by atoms with van der Waals surface area (Å²) < 4.78 is 99.2. The van der Waals surface area contributed by atoms with Crippen molar-refractivity contribution >= 4 is 0 Å². The van der Waals surface area contributed by atoms with Crippen LogP contribution >= 0.6 is 0 Å². The second-order valence-corrected chi connectivity index (χ2v) is 11.0. The Kier molecular flexibility index (Phi) is 11.2. The zero-order chi connectivity index (χ0) is 30.2. The summed E-state index contributed by atoms with van der Waals surface area (Å²) in [6, 6.07) is 8.81. The maximum Gasteiger partial charge on any atom is 0.200 e. The fourth-order valence-corrected chi connectivity index (χ4v) is 5.60. The summed E-state index contributed by atoms with van der Waals surface area (Å²) >= 11 is 0. The lowest BCUT2D eigenvalue weighted by Gasteiger charge is -2.30. The van der Waals surface area contributed by atoms with Crippen LogP contribution in [-0.4, -0.2) is 13.2 Å². The van der Waals surface area contributed by atoms with E-state index in [9.17, 15) is 17.6 Å². The third-order valence-corrected chi connectivity index (χ3v) is 8.18. The van der Waals surface area contributed by atoms with Crippen molar-refractivity contribution < 1.29 is 35.8 Å². The summed E-state index contributed by atoms with van der Waals surface area (Å²) in [4.78, 5) is 0. The Morgan fingerprint density at radius 3 is 1.40 bits per heavy atom. The molecule has 4 rings (SSSR count). The van der Waals surface area contributed by atoms with Crippen molar-refractivity contribution in [3.05, 3.63) is 93.6 Å². The molecule has 42 heavy (non-hydrogen) atoms. The predicted octanol–water partition coefficient (Wildman–Crippen LogP) is 10.1. The molecule has 0 aromatic heterocycles. The molecule has 0 atom stereocenters. The second-order valence-electron chi connectivity index (χ2n) is 11.0. The van der Waals surface area contributed by atoms with E-state index in [1.807, 2.05) is 13.8 Å². The zero-order valence-corrected chi connectivity index (χ0v) is 24.2. The van der Waals surface area contributed by atoms with E-state index in [4.69, 9.17) is 9.47 Å². The topological polar surface area (TPSA) is 18.5 Å². The van der Waals surface area contributed by atoms with Crippen LogP contribution in [0.5, 0.6) is 11.5 Å². The van der Waals surface area contributed by atoms with E-state index in [1.54, 1.807) is 12.1 Å². The summed E-state index contributed by atoms with van der Waals surface area (Å²) in [6.45, 7) is 4.53. The molecule has 3 aromatic carbocycles. The number of hydrogen-bond acceptors (Lipinski definition) is 2. The van der Waals surface area contributed by atoms with Crippen molar-refractivity contribution in [2.24, 2.45) is 0 Å². The van der Waals surface area contributed by atoms with Crippen molar-refractivity contribution in [3.63, 3.8) is 0 Å². The Morgan fingerprint density at radius 1 is 0.524 bits per heavy atom. The summed E-state index contributed by atoms with van der Waals surface area (Å²) in [7, 11) is 0. The maximum absolute atomic E-state index is 15.2. The van der Waals surface area contributed by atoms with Crippen molar-refractivity contribution in [2.75, 3.05) is 13.2 Å². The molecule has 2 nitrogen and oxygen atoms in total. The molecule has 0 radical (unpaired) electrons. The van der Waals surface area contributed by atoms with Crippen molar-refractivity contribution in [1.82, 2.24) is 0 Å². The Bertz CT molecular complexity index is 1350. The van der Waals surface area contributed by atoms with Gasteiger partial charge in [0.15, 0.2) is 34.8 Å². The highest BCUT2D eigenvalue weighted by molar-refractivity contribution is 5.35. The highest BCUT2D eigenvalue weighted by Crippen LogP contribution is 2.43. The molecule has 1 fully saturated rings. The molecular weight excluding hydrogens is 554 g/mol. The van der Waals surface area contributed by atoms with Gasteiger partial charge >= 0.3 is 0 Å². The van der Waals surface area contributed by atoms with Crippen LogP contribution in [0.4, 0.5) is 26.3 Å². The average molecular weight is 593 g/mol. The average Bonchev–Trinajstić information content (AvgIpc) is 2.99. The Hall–Kier alpha value is -3.16. The molecule has 0 unspecified atom stereocenters. The van der Waals surface area contributed by atoms with Crippen LogP contribution in [0, 0.1) is 34.9 Å². The van der Waals surface area contributed by atoms with E-state index in [0.29, 0.717) is 38.7 Å². The van der Waals surface area contributed by atoms with Gasteiger partial charge < -0.3 is 9.47 Å². The van der Waals surface area contributed by atoms with Gasteiger partial charge in [0.05, 0.1) is 13.2 Å². The number of aryl methyl sites for hydroxylation is 2. The third kappa shape index (κ3) is 7.24. The minimum Gasteiger partial charge on any atom is -0.490 e. The van der Waals surface area contributed by atoms with Gasteiger partial charge in [0.25, 0.3) is 0 Å². The first kappa shape index (κ1) is 31.8. The third-order valence-electron chi connectivity index (χ3n) is 8.18. The summed E-state index contributed by atoms with van der Waals surface area (Å²) in [5, 5.41) is 0. The standard InChI is InChI=1S/C34H38F6O2/c1-3-5-19-41-27-17-14-24(30(36)33(27)39)12-11-23-13-15-25(31(37)29(23)35)21-7-9-22(10-8-21)26-16-18-28(34(40)32(26)38)42-20-6-4-2/h13-18,21-22H,3-12,19-20H2,1-2H3. The molecule has 1 aliphatic rings. The number of halogens is 6. The molecule has 1 aliphatic carbocycles. The van der Waals surface area contributed by atoms with Gasteiger partial charge in [-0.3, -0.25) is 0 Å².